The molecular formula is C46H59N2O2+. The Morgan fingerprint density at radius 2 is 1.54 bits per heavy atom. The molecule has 4 heteroatoms. The van der Waals surface area contributed by atoms with Gasteiger partial charge in [-0.15, -0.1) is 0 Å². The van der Waals surface area contributed by atoms with Crippen LogP contribution in [0.25, 0.3) is 5.57 Å². The molecule has 5 rings (SSSR count). The van der Waals surface area contributed by atoms with Gasteiger partial charge in [-0.05, 0) is 99.9 Å². The van der Waals surface area contributed by atoms with Crippen LogP contribution in [-0.4, -0.2) is 34.5 Å². The molecule has 0 bridgehead atoms. The zero-order valence-corrected chi connectivity index (χ0v) is 31.9. The fourth-order valence-corrected chi connectivity index (χ4v) is 7.88. The van der Waals surface area contributed by atoms with E-state index in [9.17, 15) is 9.90 Å². The van der Waals surface area contributed by atoms with Crippen LogP contribution >= 0.6 is 0 Å². The second kappa shape index (κ2) is 15.8. The summed E-state index contributed by atoms with van der Waals surface area (Å²) < 4.78 is 2.55. The van der Waals surface area contributed by atoms with Crippen molar-refractivity contribution in [3.8, 4) is 0 Å². The highest BCUT2D eigenvalue weighted by Crippen LogP contribution is 2.48. The van der Waals surface area contributed by atoms with Crippen LogP contribution in [-0.2, 0) is 22.0 Å². The number of aryl methyl sites for hydroxylation is 3. The molecule has 0 fully saturated rings. The maximum absolute atomic E-state index is 11.3. The van der Waals surface area contributed by atoms with E-state index in [-0.39, 0.29) is 17.3 Å². The molecule has 50 heavy (non-hydrogen) atoms. The lowest BCUT2D eigenvalue weighted by Gasteiger charge is -2.27. The molecular weight excluding hydrogens is 613 g/mol. The fourth-order valence-electron chi connectivity index (χ4n) is 7.88. The third-order valence-corrected chi connectivity index (χ3v) is 10.8. The van der Waals surface area contributed by atoms with Crippen LogP contribution in [0.4, 0.5) is 11.4 Å². The van der Waals surface area contributed by atoms with Crippen LogP contribution in [0.2, 0.25) is 0 Å². The predicted octanol–water partition coefficient (Wildman–Crippen LogP) is 11.4. The van der Waals surface area contributed by atoms with Gasteiger partial charge in [0.25, 0.3) is 0 Å². The number of hydrogen-bond donors (Lipinski definition) is 1. The van der Waals surface area contributed by atoms with Crippen molar-refractivity contribution in [3.63, 3.8) is 0 Å². The van der Waals surface area contributed by atoms with E-state index in [2.05, 4.69) is 150 Å². The number of fused-ring (bicyclic) bond motifs is 2. The number of rotatable bonds is 15. The van der Waals surface area contributed by atoms with Gasteiger partial charge in [-0.25, -0.2) is 0 Å². The van der Waals surface area contributed by atoms with Crippen molar-refractivity contribution in [2.75, 3.05) is 18.0 Å². The molecule has 0 aliphatic carbocycles. The first-order chi connectivity index (χ1) is 23.9. The van der Waals surface area contributed by atoms with E-state index >= 15 is 0 Å². The summed E-state index contributed by atoms with van der Waals surface area (Å²) in [6, 6.07) is 22.5. The van der Waals surface area contributed by atoms with E-state index in [1.807, 2.05) is 0 Å². The summed E-state index contributed by atoms with van der Waals surface area (Å²) in [5, 5.41) is 9.26. The maximum Gasteiger partial charge on any atom is 0.303 e. The molecule has 3 aromatic carbocycles. The molecule has 0 saturated heterocycles. The lowest BCUT2D eigenvalue weighted by atomic mass is 9.80. The minimum atomic E-state index is -0.726. The van der Waals surface area contributed by atoms with Gasteiger partial charge >= 0.3 is 5.97 Å². The molecule has 0 aromatic heterocycles. The van der Waals surface area contributed by atoms with Crippen LogP contribution in [0.1, 0.15) is 120 Å². The molecule has 3 aromatic rings. The molecule has 1 N–H and O–H groups in total. The number of carbonyl (C=O) groups is 1. The van der Waals surface area contributed by atoms with E-state index in [1.165, 1.54) is 61.7 Å². The predicted molar refractivity (Wildman–Crippen MR) is 212 cm³/mol. The normalized spacial score (nSPS) is 17.2. The lowest BCUT2D eigenvalue weighted by Crippen LogP contribution is -2.28. The van der Waals surface area contributed by atoms with Gasteiger partial charge in [-0.1, -0.05) is 100 Å². The van der Waals surface area contributed by atoms with Crippen molar-refractivity contribution in [2.45, 2.75) is 118 Å². The van der Waals surface area contributed by atoms with E-state index in [1.54, 1.807) is 0 Å². The first-order valence-corrected chi connectivity index (χ1v) is 19.0. The van der Waals surface area contributed by atoms with E-state index in [0.717, 1.165) is 51.6 Å². The minimum Gasteiger partial charge on any atom is -0.481 e. The smallest absolute Gasteiger partial charge is 0.303 e. The fraction of sp³-hybridized carbons (Fsp3) is 0.435. The molecule has 0 radical (unpaired) electrons. The summed E-state index contributed by atoms with van der Waals surface area (Å²) in [4.78, 5) is 13.8. The molecule has 0 atom stereocenters. The highest BCUT2D eigenvalue weighted by Gasteiger charge is 2.44. The quantitative estimate of drug-likeness (QED) is 0.0993. The largest absolute Gasteiger partial charge is 0.481 e. The molecule has 0 unspecified atom stereocenters. The van der Waals surface area contributed by atoms with Gasteiger partial charge in [0.15, 0.2) is 5.71 Å². The number of benzene rings is 3. The number of unbranched alkanes of at least 4 members (excludes halogenated alkanes) is 3. The Bertz CT molecular complexity index is 1830. The topological polar surface area (TPSA) is 43.5 Å². The van der Waals surface area contributed by atoms with E-state index in [0.29, 0.717) is 6.42 Å². The molecule has 0 saturated carbocycles. The van der Waals surface area contributed by atoms with Gasteiger partial charge in [0.05, 0.1) is 5.41 Å². The first kappa shape index (κ1) is 37.1. The number of carboxylic acids is 1. The standard InChI is InChI=1S/C46H58N2O2/c1-9-11-29-47-40-25-21-33(3)31-38(40)45(5,6)42(47)27-23-36(37-19-15-13-17-35(37)18-14-16-20-44(49)50)24-28-43-46(7,8)39-32-34(4)22-26-41(39)48(43)30-12-10-2/h13,15,17,19,21-28,31-32H,9-12,14,16,18,20,29-30H2,1-8H3/p+1. The Hall–Kier alpha value is -4.18. The van der Waals surface area contributed by atoms with Crippen LogP contribution in [0.5, 0.6) is 0 Å². The van der Waals surface area contributed by atoms with Crippen molar-refractivity contribution in [3.05, 3.63) is 124 Å². The number of anilines is 1. The average Bonchev–Trinajstić information content (AvgIpc) is 3.42. The summed E-state index contributed by atoms with van der Waals surface area (Å²) in [5.41, 5.74) is 14.1. The third-order valence-electron chi connectivity index (χ3n) is 10.8. The molecule has 0 spiro atoms. The van der Waals surface area contributed by atoms with E-state index in [4.69, 9.17) is 0 Å². The van der Waals surface area contributed by atoms with Crippen molar-refractivity contribution in [2.24, 2.45) is 0 Å². The number of aliphatic carboxylic acids is 1. The highest BCUT2D eigenvalue weighted by atomic mass is 16.4. The Kier molecular flexibility index (Phi) is 11.7. The van der Waals surface area contributed by atoms with Crippen LogP contribution < -0.4 is 4.90 Å². The molecule has 2 heterocycles. The van der Waals surface area contributed by atoms with Gasteiger partial charge < -0.3 is 10.0 Å². The van der Waals surface area contributed by atoms with Gasteiger partial charge in [0.1, 0.15) is 6.54 Å². The van der Waals surface area contributed by atoms with Crippen molar-refractivity contribution in [1.29, 1.82) is 0 Å². The Balaban J connectivity index is 1.65. The third kappa shape index (κ3) is 7.75. The number of hydrogen-bond acceptors (Lipinski definition) is 2. The maximum atomic E-state index is 11.3. The van der Waals surface area contributed by atoms with Gasteiger partial charge in [-0.3, -0.25) is 4.79 Å². The Morgan fingerprint density at radius 3 is 2.26 bits per heavy atom. The zero-order chi connectivity index (χ0) is 36.1. The number of nitrogens with zero attached hydrogens (tertiary/aromatic N) is 2. The van der Waals surface area contributed by atoms with Crippen molar-refractivity contribution in [1.82, 2.24) is 0 Å². The second-order valence-corrected chi connectivity index (χ2v) is 15.5. The van der Waals surface area contributed by atoms with Crippen molar-refractivity contribution >= 4 is 28.6 Å². The highest BCUT2D eigenvalue weighted by molar-refractivity contribution is 6.04. The molecule has 2 aliphatic heterocycles. The average molecular weight is 672 g/mol. The summed E-state index contributed by atoms with van der Waals surface area (Å²) in [6.07, 6.45) is 16.6. The van der Waals surface area contributed by atoms with Gasteiger partial charge in [-0.2, -0.15) is 4.58 Å². The van der Waals surface area contributed by atoms with Crippen LogP contribution in [0, 0.1) is 13.8 Å². The van der Waals surface area contributed by atoms with Crippen LogP contribution in [0.3, 0.4) is 0 Å². The van der Waals surface area contributed by atoms with Gasteiger partial charge in [0.2, 0.25) is 5.69 Å². The number of carboxylic acid groups (broad SMARTS) is 1. The lowest BCUT2D eigenvalue weighted by molar-refractivity contribution is -0.438. The van der Waals surface area contributed by atoms with Crippen molar-refractivity contribution < 1.29 is 14.5 Å². The summed E-state index contributed by atoms with van der Waals surface area (Å²) >= 11 is 0. The van der Waals surface area contributed by atoms with Crippen LogP contribution in [0.15, 0.2) is 90.7 Å². The number of allylic oxidation sites excluding steroid dienone is 6. The molecule has 0 amide bonds. The summed E-state index contributed by atoms with van der Waals surface area (Å²) in [6.45, 7) is 20.4. The Labute approximate surface area is 302 Å². The molecule has 2 aliphatic rings. The second-order valence-electron chi connectivity index (χ2n) is 15.5. The first-order valence-electron chi connectivity index (χ1n) is 19.0. The summed E-state index contributed by atoms with van der Waals surface area (Å²) in [7, 11) is 0. The molecule has 4 nitrogen and oxygen atoms in total. The monoisotopic (exact) mass is 671 g/mol. The summed E-state index contributed by atoms with van der Waals surface area (Å²) in [5.74, 6) is -0.726. The zero-order valence-electron chi connectivity index (χ0n) is 31.9. The minimum absolute atomic E-state index is 0.130. The van der Waals surface area contributed by atoms with E-state index < -0.39 is 5.97 Å². The SMILES string of the molecule is CCCCN1C(=CC=C(C=CC2=[N+](CCCC)c3ccc(C)cc3C2(C)C)c2ccccc2CCCCC(=O)O)C(C)(C)c2cc(C)ccc21. The Morgan fingerprint density at radius 1 is 0.840 bits per heavy atom. The van der Waals surface area contributed by atoms with Gasteiger partial charge in [0, 0.05) is 53.9 Å². The molecule has 264 valence electrons.